The van der Waals surface area contributed by atoms with Crippen LogP contribution in [0.2, 0.25) is 0 Å². The molecule has 0 unspecified atom stereocenters. The summed E-state index contributed by atoms with van der Waals surface area (Å²) in [7, 11) is 0. The van der Waals surface area contributed by atoms with Gasteiger partial charge in [-0.2, -0.15) is 0 Å². The molecule has 0 saturated carbocycles. The molecule has 2 aromatic rings. The topological polar surface area (TPSA) is 15.3 Å². The molecule has 2 rings (SSSR count). The van der Waals surface area contributed by atoms with Crippen molar-refractivity contribution in [3.8, 4) is 0 Å². The minimum absolute atomic E-state index is 0.876. The normalized spacial score (nSPS) is 10.5. The van der Waals surface area contributed by atoms with Crippen molar-refractivity contribution >= 4 is 38.6 Å². The SMILES string of the molecule is CCN(CC)c1ccc(NCc2cc(Br)cs2)cc1. The van der Waals surface area contributed by atoms with Gasteiger partial charge in [0.15, 0.2) is 0 Å². The van der Waals surface area contributed by atoms with E-state index in [9.17, 15) is 0 Å². The van der Waals surface area contributed by atoms with Gasteiger partial charge in [-0.25, -0.2) is 0 Å². The first kappa shape index (κ1) is 14.4. The highest BCUT2D eigenvalue weighted by Gasteiger charge is 2.02. The van der Waals surface area contributed by atoms with E-state index in [1.807, 2.05) is 0 Å². The van der Waals surface area contributed by atoms with Crippen molar-refractivity contribution in [3.63, 3.8) is 0 Å². The molecule has 102 valence electrons. The molecule has 19 heavy (non-hydrogen) atoms. The highest BCUT2D eigenvalue weighted by Crippen LogP contribution is 2.22. The monoisotopic (exact) mass is 338 g/mol. The van der Waals surface area contributed by atoms with Crippen LogP contribution in [-0.2, 0) is 6.54 Å². The molecule has 0 aliphatic carbocycles. The molecule has 0 aliphatic rings. The van der Waals surface area contributed by atoms with Crippen LogP contribution in [0.15, 0.2) is 40.2 Å². The Labute approximate surface area is 127 Å². The van der Waals surface area contributed by atoms with Gasteiger partial charge >= 0.3 is 0 Å². The lowest BCUT2D eigenvalue weighted by Crippen LogP contribution is -2.21. The summed E-state index contributed by atoms with van der Waals surface area (Å²) in [6, 6.07) is 10.8. The number of hydrogen-bond donors (Lipinski definition) is 1. The van der Waals surface area contributed by atoms with Crippen molar-refractivity contribution in [3.05, 3.63) is 45.1 Å². The van der Waals surface area contributed by atoms with Gasteiger partial charge in [0.25, 0.3) is 0 Å². The molecule has 1 heterocycles. The molecule has 0 radical (unpaired) electrons. The van der Waals surface area contributed by atoms with Gasteiger partial charge < -0.3 is 10.2 Å². The van der Waals surface area contributed by atoms with Crippen LogP contribution < -0.4 is 10.2 Å². The fourth-order valence-corrected chi connectivity index (χ4v) is 3.41. The lowest BCUT2D eigenvalue weighted by molar-refractivity contribution is 0.866. The predicted molar refractivity (Wildman–Crippen MR) is 89.3 cm³/mol. The molecular weight excluding hydrogens is 320 g/mol. The summed E-state index contributed by atoms with van der Waals surface area (Å²) in [6.07, 6.45) is 0. The molecule has 1 N–H and O–H groups in total. The number of nitrogens with one attached hydrogen (secondary N) is 1. The van der Waals surface area contributed by atoms with E-state index >= 15 is 0 Å². The molecule has 2 nitrogen and oxygen atoms in total. The number of thiophene rings is 1. The Kier molecular flexibility index (Phi) is 5.28. The summed E-state index contributed by atoms with van der Waals surface area (Å²) >= 11 is 5.24. The first-order valence-electron chi connectivity index (χ1n) is 6.54. The van der Waals surface area contributed by atoms with Crippen LogP contribution in [0.5, 0.6) is 0 Å². The predicted octanol–water partition coefficient (Wildman–Crippen LogP) is 4.97. The van der Waals surface area contributed by atoms with Crippen LogP contribution in [0.3, 0.4) is 0 Å². The average molecular weight is 339 g/mol. The Bertz CT molecular complexity index is 503. The number of hydrogen-bond acceptors (Lipinski definition) is 3. The zero-order valence-corrected chi connectivity index (χ0v) is 13.7. The average Bonchev–Trinajstić information content (AvgIpc) is 2.85. The molecule has 0 saturated heterocycles. The number of anilines is 2. The van der Waals surface area contributed by atoms with E-state index in [2.05, 4.69) is 75.7 Å². The zero-order chi connectivity index (χ0) is 13.7. The van der Waals surface area contributed by atoms with Crippen molar-refractivity contribution in [2.45, 2.75) is 20.4 Å². The minimum atomic E-state index is 0.876. The van der Waals surface area contributed by atoms with Gasteiger partial charge in [0, 0.05) is 45.7 Å². The van der Waals surface area contributed by atoms with E-state index in [4.69, 9.17) is 0 Å². The molecule has 1 aromatic heterocycles. The van der Waals surface area contributed by atoms with Gasteiger partial charge in [0.05, 0.1) is 0 Å². The third kappa shape index (κ3) is 3.98. The first-order valence-corrected chi connectivity index (χ1v) is 8.22. The Morgan fingerprint density at radius 2 is 1.84 bits per heavy atom. The quantitative estimate of drug-likeness (QED) is 0.799. The molecule has 4 heteroatoms. The maximum Gasteiger partial charge on any atom is 0.0494 e. The highest BCUT2D eigenvalue weighted by molar-refractivity contribution is 9.10. The van der Waals surface area contributed by atoms with E-state index in [1.54, 1.807) is 11.3 Å². The molecule has 1 aromatic carbocycles. The lowest BCUT2D eigenvalue weighted by Gasteiger charge is -2.21. The largest absolute Gasteiger partial charge is 0.380 e. The van der Waals surface area contributed by atoms with Crippen LogP contribution in [0, 0.1) is 0 Å². The standard InChI is InChI=1S/C15H19BrN2S/c1-3-18(4-2)14-7-5-13(6-8-14)17-10-15-9-12(16)11-19-15/h5-9,11,17H,3-4,10H2,1-2H3. The molecule has 0 aliphatic heterocycles. The van der Waals surface area contributed by atoms with E-state index in [0.29, 0.717) is 0 Å². The van der Waals surface area contributed by atoms with Gasteiger partial charge in [0.1, 0.15) is 0 Å². The maximum absolute atomic E-state index is 3.48. The van der Waals surface area contributed by atoms with Gasteiger partial charge in [-0.15, -0.1) is 11.3 Å². The smallest absolute Gasteiger partial charge is 0.0494 e. The van der Waals surface area contributed by atoms with Gasteiger partial charge in [0.2, 0.25) is 0 Å². The maximum atomic E-state index is 3.48. The van der Waals surface area contributed by atoms with Crippen LogP contribution in [0.4, 0.5) is 11.4 Å². The van der Waals surface area contributed by atoms with Crippen molar-refractivity contribution < 1.29 is 0 Å². The van der Waals surface area contributed by atoms with Crippen LogP contribution in [-0.4, -0.2) is 13.1 Å². The van der Waals surface area contributed by atoms with Gasteiger partial charge in [-0.05, 0) is 60.1 Å². The second-order valence-corrected chi connectivity index (χ2v) is 6.22. The lowest BCUT2D eigenvalue weighted by atomic mass is 10.2. The fourth-order valence-electron chi connectivity index (χ4n) is 2.01. The van der Waals surface area contributed by atoms with Crippen LogP contribution in [0.25, 0.3) is 0 Å². The number of benzene rings is 1. The molecule has 0 fully saturated rings. The molecule has 0 spiro atoms. The highest BCUT2D eigenvalue weighted by atomic mass is 79.9. The second kappa shape index (κ2) is 6.96. The van der Waals surface area contributed by atoms with Crippen molar-refractivity contribution in [2.24, 2.45) is 0 Å². The number of halogens is 1. The Hall–Kier alpha value is -1.00. The number of rotatable bonds is 6. The molecule has 0 amide bonds. The summed E-state index contributed by atoms with van der Waals surface area (Å²) in [5.74, 6) is 0. The Balaban J connectivity index is 1.95. The van der Waals surface area contributed by atoms with Gasteiger partial charge in [-0.3, -0.25) is 0 Å². The first-order chi connectivity index (χ1) is 9.22. The third-order valence-electron chi connectivity index (χ3n) is 3.08. The fraction of sp³-hybridized carbons (Fsp3) is 0.333. The molecular formula is C15H19BrN2S. The second-order valence-electron chi connectivity index (χ2n) is 4.30. The van der Waals surface area contributed by atoms with Crippen molar-refractivity contribution in [1.82, 2.24) is 0 Å². The molecule has 0 atom stereocenters. The molecule has 0 bridgehead atoms. The van der Waals surface area contributed by atoms with Crippen molar-refractivity contribution in [2.75, 3.05) is 23.3 Å². The van der Waals surface area contributed by atoms with Gasteiger partial charge in [-0.1, -0.05) is 0 Å². The van der Waals surface area contributed by atoms with E-state index in [0.717, 1.165) is 24.1 Å². The zero-order valence-electron chi connectivity index (χ0n) is 11.3. The minimum Gasteiger partial charge on any atom is -0.380 e. The summed E-state index contributed by atoms with van der Waals surface area (Å²) in [5.41, 5.74) is 2.45. The Morgan fingerprint density at radius 3 is 2.37 bits per heavy atom. The van der Waals surface area contributed by atoms with Crippen molar-refractivity contribution in [1.29, 1.82) is 0 Å². The van der Waals surface area contributed by atoms with E-state index in [-0.39, 0.29) is 0 Å². The van der Waals surface area contributed by atoms with Crippen LogP contribution in [0.1, 0.15) is 18.7 Å². The summed E-state index contributed by atoms with van der Waals surface area (Å²) in [4.78, 5) is 3.68. The van der Waals surface area contributed by atoms with E-state index < -0.39 is 0 Å². The third-order valence-corrected chi connectivity index (χ3v) is 4.78. The van der Waals surface area contributed by atoms with Crippen LogP contribution >= 0.6 is 27.3 Å². The summed E-state index contributed by atoms with van der Waals surface area (Å²) in [5, 5.41) is 5.56. The summed E-state index contributed by atoms with van der Waals surface area (Å²) < 4.78 is 1.16. The number of nitrogens with zero attached hydrogens (tertiary/aromatic N) is 1. The Morgan fingerprint density at radius 1 is 1.16 bits per heavy atom. The van der Waals surface area contributed by atoms with E-state index in [1.165, 1.54) is 16.3 Å². The summed E-state index contributed by atoms with van der Waals surface area (Å²) in [6.45, 7) is 7.34.